The van der Waals surface area contributed by atoms with Crippen LogP contribution in [0.5, 0.6) is 5.75 Å². The number of aromatic nitrogens is 1. The molecule has 2 rings (SSSR count). The lowest BCUT2D eigenvalue weighted by molar-refractivity contribution is 0.310. The first-order chi connectivity index (χ1) is 7.28. The Bertz CT molecular complexity index is 316. The first-order valence-corrected chi connectivity index (χ1v) is 5.66. The second-order valence-electron chi connectivity index (χ2n) is 3.98. The average molecular weight is 227 g/mol. The SMILES string of the molecule is COc1ccc(NC2(CCl)CCC2)nc1. The van der Waals surface area contributed by atoms with Gasteiger partial charge in [0.2, 0.25) is 0 Å². The van der Waals surface area contributed by atoms with Crippen LogP contribution in [-0.2, 0) is 0 Å². The summed E-state index contributed by atoms with van der Waals surface area (Å²) in [6.45, 7) is 0. The number of alkyl halides is 1. The van der Waals surface area contributed by atoms with Gasteiger partial charge in [0, 0.05) is 5.88 Å². The van der Waals surface area contributed by atoms with Crippen LogP contribution in [-0.4, -0.2) is 23.5 Å². The number of pyridine rings is 1. The predicted octanol–water partition coefficient (Wildman–Crippen LogP) is 2.66. The second-order valence-corrected chi connectivity index (χ2v) is 4.24. The summed E-state index contributed by atoms with van der Waals surface area (Å²) in [7, 11) is 1.64. The Hall–Kier alpha value is -0.960. The van der Waals surface area contributed by atoms with Gasteiger partial charge in [-0.2, -0.15) is 0 Å². The molecule has 1 saturated carbocycles. The van der Waals surface area contributed by atoms with Crippen molar-refractivity contribution in [1.82, 2.24) is 4.98 Å². The fraction of sp³-hybridized carbons (Fsp3) is 0.545. The summed E-state index contributed by atoms with van der Waals surface area (Å²) < 4.78 is 5.05. The molecule has 0 spiro atoms. The predicted molar refractivity (Wildman–Crippen MR) is 61.7 cm³/mol. The molecule has 1 heterocycles. The summed E-state index contributed by atoms with van der Waals surface area (Å²) in [5.74, 6) is 2.28. The minimum Gasteiger partial charge on any atom is -0.495 e. The summed E-state index contributed by atoms with van der Waals surface area (Å²) in [6.07, 6.45) is 5.22. The van der Waals surface area contributed by atoms with Gasteiger partial charge in [-0.3, -0.25) is 0 Å². The Kier molecular flexibility index (Phi) is 3.00. The lowest BCUT2D eigenvalue weighted by Gasteiger charge is -2.41. The summed E-state index contributed by atoms with van der Waals surface area (Å²) in [4.78, 5) is 4.27. The maximum Gasteiger partial charge on any atom is 0.137 e. The van der Waals surface area contributed by atoms with Crippen LogP contribution in [0, 0.1) is 0 Å². The standard InChI is InChI=1S/C11H15ClN2O/c1-15-9-3-4-10(13-7-9)14-11(8-12)5-2-6-11/h3-4,7H,2,5-6,8H2,1H3,(H,13,14). The highest BCUT2D eigenvalue weighted by Crippen LogP contribution is 2.35. The van der Waals surface area contributed by atoms with Crippen LogP contribution in [0.4, 0.5) is 5.82 Å². The van der Waals surface area contributed by atoms with Crippen LogP contribution >= 0.6 is 11.6 Å². The first-order valence-electron chi connectivity index (χ1n) is 5.12. The van der Waals surface area contributed by atoms with E-state index in [2.05, 4.69) is 10.3 Å². The van der Waals surface area contributed by atoms with E-state index in [0.717, 1.165) is 24.4 Å². The maximum absolute atomic E-state index is 5.95. The van der Waals surface area contributed by atoms with Crippen molar-refractivity contribution in [3.63, 3.8) is 0 Å². The van der Waals surface area contributed by atoms with E-state index in [9.17, 15) is 0 Å². The number of hydrogen-bond donors (Lipinski definition) is 1. The van der Waals surface area contributed by atoms with Crippen molar-refractivity contribution in [3.8, 4) is 5.75 Å². The number of methoxy groups -OCH3 is 1. The quantitative estimate of drug-likeness (QED) is 0.802. The van der Waals surface area contributed by atoms with Crippen LogP contribution in [0.2, 0.25) is 0 Å². The van der Waals surface area contributed by atoms with E-state index < -0.39 is 0 Å². The Morgan fingerprint density at radius 3 is 2.73 bits per heavy atom. The van der Waals surface area contributed by atoms with Crippen LogP contribution in [0.15, 0.2) is 18.3 Å². The van der Waals surface area contributed by atoms with Gasteiger partial charge in [0.05, 0.1) is 18.8 Å². The topological polar surface area (TPSA) is 34.1 Å². The van der Waals surface area contributed by atoms with E-state index in [0.29, 0.717) is 5.88 Å². The first kappa shape index (κ1) is 10.6. The summed E-state index contributed by atoms with van der Waals surface area (Å²) >= 11 is 5.95. The number of ether oxygens (including phenoxy) is 1. The van der Waals surface area contributed by atoms with E-state index in [-0.39, 0.29) is 5.54 Å². The number of nitrogens with zero attached hydrogens (tertiary/aromatic N) is 1. The Labute approximate surface area is 94.8 Å². The Balaban J connectivity index is 2.03. The fourth-order valence-corrected chi connectivity index (χ4v) is 2.08. The van der Waals surface area contributed by atoms with Crippen LogP contribution in [0.25, 0.3) is 0 Å². The molecule has 1 N–H and O–H groups in total. The van der Waals surface area contributed by atoms with Crippen molar-refractivity contribution < 1.29 is 4.74 Å². The highest BCUT2D eigenvalue weighted by molar-refractivity contribution is 6.19. The molecule has 0 aromatic carbocycles. The number of hydrogen-bond acceptors (Lipinski definition) is 3. The van der Waals surface area contributed by atoms with Gasteiger partial charge in [0.1, 0.15) is 11.6 Å². The maximum atomic E-state index is 5.95. The third kappa shape index (κ3) is 2.17. The molecule has 1 aliphatic carbocycles. The fourth-order valence-electron chi connectivity index (χ4n) is 1.74. The van der Waals surface area contributed by atoms with Gasteiger partial charge in [-0.1, -0.05) is 0 Å². The van der Waals surface area contributed by atoms with Crippen molar-refractivity contribution in [2.45, 2.75) is 24.8 Å². The van der Waals surface area contributed by atoms with Gasteiger partial charge < -0.3 is 10.1 Å². The molecule has 0 saturated heterocycles. The average Bonchev–Trinajstić information content (AvgIpc) is 2.24. The third-order valence-corrected chi connectivity index (χ3v) is 3.44. The van der Waals surface area contributed by atoms with E-state index in [4.69, 9.17) is 16.3 Å². The Morgan fingerprint density at radius 2 is 2.33 bits per heavy atom. The molecule has 1 aromatic rings. The lowest BCUT2D eigenvalue weighted by Crippen LogP contribution is -2.47. The minimum atomic E-state index is 0.0726. The van der Waals surface area contributed by atoms with E-state index >= 15 is 0 Å². The van der Waals surface area contributed by atoms with Crippen LogP contribution < -0.4 is 10.1 Å². The molecule has 1 aliphatic rings. The zero-order chi connectivity index (χ0) is 10.7. The molecule has 1 fully saturated rings. The molecule has 15 heavy (non-hydrogen) atoms. The van der Waals surface area contributed by atoms with E-state index in [1.165, 1.54) is 6.42 Å². The number of nitrogens with one attached hydrogen (secondary N) is 1. The number of halogens is 1. The van der Waals surface area contributed by atoms with Gasteiger partial charge in [-0.15, -0.1) is 11.6 Å². The largest absolute Gasteiger partial charge is 0.495 e. The third-order valence-electron chi connectivity index (χ3n) is 2.93. The van der Waals surface area contributed by atoms with Crippen molar-refractivity contribution >= 4 is 17.4 Å². The van der Waals surface area contributed by atoms with Crippen LogP contribution in [0.3, 0.4) is 0 Å². The lowest BCUT2D eigenvalue weighted by atomic mass is 9.78. The molecule has 3 nitrogen and oxygen atoms in total. The molecular weight excluding hydrogens is 212 g/mol. The van der Waals surface area contributed by atoms with Crippen molar-refractivity contribution in [2.75, 3.05) is 18.3 Å². The molecule has 82 valence electrons. The van der Waals surface area contributed by atoms with Gasteiger partial charge in [0.15, 0.2) is 0 Å². The molecule has 0 amide bonds. The highest BCUT2D eigenvalue weighted by Gasteiger charge is 2.36. The summed E-state index contributed by atoms with van der Waals surface area (Å²) in [5.41, 5.74) is 0.0726. The molecule has 0 radical (unpaired) electrons. The van der Waals surface area contributed by atoms with Crippen molar-refractivity contribution in [1.29, 1.82) is 0 Å². The molecule has 0 atom stereocenters. The highest BCUT2D eigenvalue weighted by atomic mass is 35.5. The van der Waals surface area contributed by atoms with Gasteiger partial charge in [-0.05, 0) is 31.4 Å². The summed E-state index contributed by atoms with van der Waals surface area (Å²) in [5, 5.41) is 3.39. The Morgan fingerprint density at radius 1 is 1.53 bits per heavy atom. The molecule has 0 unspecified atom stereocenters. The van der Waals surface area contributed by atoms with Gasteiger partial charge in [-0.25, -0.2) is 4.98 Å². The molecule has 1 aromatic heterocycles. The monoisotopic (exact) mass is 226 g/mol. The van der Waals surface area contributed by atoms with E-state index in [1.807, 2.05) is 12.1 Å². The number of anilines is 1. The van der Waals surface area contributed by atoms with Gasteiger partial charge >= 0.3 is 0 Å². The molecule has 4 heteroatoms. The number of rotatable bonds is 4. The summed E-state index contributed by atoms with van der Waals surface area (Å²) in [6, 6.07) is 3.82. The van der Waals surface area contributed by atoms with Crippen molar-refractivity contribution in [3.05, 3.63) is 18.3 Å². The molecular formula is C11H15ClN2O. The van der Waals surface area contributed by atoms with Crippen molar-refractivity contribution in [2.24, 2.45) is 0 Å². The minimum absolute atomic E-state index is 0.0726. The normalized spacial score (nSPS) is 18.0. The zero-order valence-corrected chi connectivity index (χ0v) is 9.55. The van der Waals surface area contributed by atoms with Crippen LogP contribution in [0.1, 0.15) is 19.3 Å². The zero-order valence-electron chi connectivity index (χ0n) is 8.79. The smallest absolute Gasteiger partial charge is 0.137 e. The molecule has 0 bridgehead atoms. The second kappa shape index (κ2) is 4.27. The van der Waals surface area contributed by atoms with Gasteiger partial charge in [0.25, 0.3) is 0 Å². The molecule has 0 aliphatic heterocycles. The van der Waals surface area contributed by atoms with E-state index in [1.54, 1.807) is 13.3 Å².